The lowest BCUT2D eigenvalue weighted by Crippen LogP contribution is -2.26. The van der Waals surface area contributed by atoms with Crippen LogP contribution in [0.2, 0.25) is 0 Å². The van der Waals surface area contributed by atoms with Gasteiger partial charge in [0.1, 0.15) is 17.4 Å². The third-order valence-corrected chi connectivity index (χ3v) is 7.43. The third kappa shape index (κ3) is 6.92. The number of nitrogens with one attached hydrogen (secondary N) is 1. The lowest BCUT2D eigenvalue weighted by atomic mass is 9.78. The molecule has 0 fully saturated rings. The van der Waals surface area contributed by atoms with E-state index in [-0.39, 0.29) is 29.1 Å². The number of amides is 1. The molecule has 4 aromatic rings. The summed E-state index contributed by atoms with van der Waals surface area (Å²) in [5, 5.41) is 13.0. The lowest BCUT2D eigenvalue weighted by molar-refractivity contribution is 0.0782. The number of aliphatic imine (C=N–C) groups is 1. The number of benzene rings is 2. The molecule has 0 unspecified atom stereocenters. The molecule has 2 aromatic heterocycles. The van der Waals surface area contributed by atoms with Gasteiger partial charge in [0.25, 0.3) is 5.91 Å². The molecule has 9 heteroatoms. The summed E-state index contributed by atoms with van der Waals surface area (Å²) in [6.45, 7) is 12.9. The predicted octanol–water partition coefficient (Wildman–Crippen LogP) is 7.17. The molecule has 0 aliphatic rings. The van der Waals surface area contributed by atoms with Crippen molar-refractivity contribution in [2.24, 2.45) is 10.7 Å². The van der Waals surface area contributed by atoms with Gasteiger partial charge in [-0.15, -0.1) is 23.7 Å². The van der Waals surface area contributed by atoms with Crippen LogP contribution in [0, 0.1) is 0 Å². The van der Waals surface area contributed by atoms with Crippen molar-refractivity contribution in [1.29, 1.82) is 0 Å². The van der Waals surface area contributed by atoms with Crippen LogP contribution in [-0.2, 0) is 17.4 Å². The number of halogens is 1. The van der Waals surface area contributed by atoms with E-state index in [1.807, 2.05) is 29.6 Å². The second-order valence-electron chi connectivity index (χ2n) is 11.8. The number of hydrogen-bond donors (Lipinski definition) is 3. The molecule has 7 nitrogen and oxygen atoms in total. The number of nitrogens with two attached hydrogens (primary N) is 1. The number of aromatic hydroxyl groups is 1. The Morgan fingerprint density at radius 3 is 2.17 bits per heavy atom. The zero-order valence-electron chi connectivity index (χ0n) is 24.1. The lowest BCUT2D eigenvalue weighted by Gasteiger charge is -2.28. The molecular formula is C31H38ClN5O2S. The van der Waals surface area contributed by atoms with Crippen LogP contribution in [0.1, 0.15) is 73.7 Å². The smallest absolute Gasteiger partial charge is 0.254 e. The van der Waals surface area contributed by atoms with E-state index < -0.39 is 0 Å². The van der Waals surface area contributed by atoms with Crippen molar-refractivity contribution in [3.63, 3.8) is 0 Å². The van der Waals surface area contributed by atoms with Crippen molar-refractivity contribution >= 4 is 41.2 Å². The molecular weight excluding hydrogens is 542 g/mol. The maximum absolute atomic E-state index is 13.1. The quantitative estimate of drug-likeness (QED) is 0.166. The number of phenolic OH excluding ortho intramolecular Hbond substituents is 1. The summed E-state index contributed by atoms with van der Waals surface area (Å²) >= 11 is 1.53. The molecule has 0 atom stereocenters. The summed E-state index contributed by atoms with van der Waals surface area (Å²) in [6, 6.07) is 15.0. The fourth-order valence-corrected chi connectivity index (χ4v) is 4.96. The summed E-state index contributed by atoms with van der Waals surface area (Å²) in [4.78, 5) is 28.0. The Bertz CT molecular complexity index is 1460. The van der Waals surface area contributed by atoms with E-state index in [1.54, 1.807) is 42.4 Å². The number of carbonyl (C=O) groups is 1. The maximum atomic E-state index is 13.1. The first kappa shape index (κ1) is 30.9. The van der Waals surface area contributed by atoms with Gasteiger partial charge in [0.15, 0.2) is 0 Å². The predicted molar refractivity (Wildman–Crippen MR) is 167 cm³/mol. The molecule has 0 saturated carbocycles. The van der Waals surface area contributed by atoms with Gasteiger partial charge in [0.2, 0.25) is 0 Å². The molecule has 212 valence electrons. The van der Waals surface area contributed by atoms with Gasteiger partial charge >= 0.3 is 0 Å². The van der Waals surface area contributed by atoms with Crippen LogP contribution in [-0.4, -0.2) is 38.8 Å². The van der Waals surface area contributed by atoms with Gasteiger partial charge in [-0.2, -0.15) is 0 Å². The van der Waals surface area contributed by atoms with E-state index in [0.717, 1.165) is 27.3 Å². The van der Waals surface area contributed by atoms with E-state index >= 15 is 0 Å². The maximum Gasteiger partial charge on any atom is 0.254 e. The highest BCUT2D eigenvalue weighted by Crippen LogP contribution is 2.41. The molecule has 0 aliphatic heterocycles. The number of thiophene rings is 1. The number of H-pyrrole nitrogens is 1. The number of phenols is 1. The number of imidazole rings is 1. The summed E-state index contributed by atoms with van der Waals surface area (Å²) in [5.41, 5.74) is 10.4. The Kier molecular flexibility index (Phi) is 9.17. The van der Waals surface area contributed by atoms with E-state index in [4.69, 9.17) is 5.73 Å². The monoisotopic (exact) mass is 579 g/mol. The first-order valence-electron chi connectivity index (χ1n) is 12.9. The number of nitrogens with zero attached hydrogens (tertiary/aromatic N) is 3. The topological polar surface area (TPSA) is 108 Å². The highest BCUT2D eigenvalue weighted by atomic mass is 35.5. The molecule has 40 heavy (non-hydrogen) atoms. The number of aromatic amines is 1. The number of rotatable bonds is 6. The van der Waals surface area contributed by atoms with Gasteiger partial charge < -0.3 is 20.7 Å². The Labute approximate surface area is 246 Å². The summed E-state index contributed by atoms with van der Waals surface area (Å²) in [7, 11) is 1.75. The van der Waals surface area contributed by atoms with Crippen LogP contribution in [0.4, 0.5) is 5.69 Å². The van der Waals surface area contributed by atoms with Gasteiger partial charge in [0.05, 0.1) is 29.0 Å². The molecule has 0 saturated heterocycles. The van der Waals surface area contributed by atoms with E-state index in [1.165, 1.54) is 11.3 Å². The molecule has 4 rings (SSSR count). The van der Waals surface area contributed by atoms with Crippen molar-refractivity contribution in [3.8, 4) is 17.0 Å². The standard InChI is InChI=1S/C31H37N5O2S.ClH/c1-30(2,3)22-15-20(16-23(27(22)37)31(4,5)6)24-17-33-26(35-24)18-36(7)29(38)19-10-12-21(13-11-19)34-28(32)25-9-8-14-39-25;/h8-17,37H,18H2,1-7H3,(H2,32,34)(H,33,35);1H. The number of amidine groups is 1. The normalized spacial score (nSPS) is 12.2. The van der Waals surface area contributed by atoms with E-state index in [0.29, 0.717) is 35.2 Å². The van der Waals surface area contributed by atoms with Crippen molar-refractivity contribution in [2.75, 3.05) is 7.05 Å². The van der Waals surface area contributed by atoms with Crippen LogP contribution in [0.25, 0.3) is 11.3 Å². The molecule has 4 N–H and O–H groups in total. The number of hydrogen-bond acceptors (Lipinski definition) is 5. The molecule has 0 spiro atoms. The Hall–Kier alpha value is -3.62. The zero-order valence-corrected chi connectivity index (χ0v) is 25.7. The minimum Gasteiger partial charge on any atom is -0.507 e. The Morgan fingerprint density at radius 2 is 1.65 bits per heavy atom. The first-order valence-corrected chi connectivity index (χ1v) is 13.8. The van der Waals surface area contributed by atoms with Crippen LogP contribution in [0.5, 0.6) is 5.75 Å². The van der Waals surface area contributed by atoms with E-state index in [9.17, 15) is 9.90 Å². The highest BCUT2D eigenvalue weighted by molar-refractivity contribution is 7.12. The largest absolute Gasteiger partial charge is 0.507 e. The minimum atomic E-state index is -0.230. The second-order valence-corrected chi connectivity index (χ2v) is 12.8. The van der Waals surface area contributed by atoms with Crippen LogP contribution >= 0.6 is 23.7 Å². The highest BCUT2D eigenvalue weighted by Gasteiger charge is 2.27. The fourth-order valence-electron chi connectivity index (χ4n) is 4.34. The van der Waals surface area contributed by atoms with Crippen molar-refractivity contribution in [1.82, 2.24) is 14.9 Å². The van der Waals surface area contributed by atoms with Crippen LogP contribution in [0.15, 0.2) is 65.1 Å². The van der Waals surface area contributed by atoms with Crippen LogP contribution < -0.4 is 5.73 Å². The average molecular weight is 580 g/mol. The van der Waals surface area contributed by atoms with Gasteiger partial charge in [0, 0.05) is 29.3 Å². The third-order valence-electron chi connectivity index (χ3n) is 6.54. The molecule has 0 aliphatic carbocycles. The Morgan fingerprint density at radius 1 is 1.05 bits per heavy atom. The molecule has 1 amide bonds. The van der Waals surface area contributed by atoms with Crippen molar-refractivity contribution in [3.05, 3.63) is 87.5 Å². The number of carbonyl (C=O) groups excluding carboxylic acids is 1. The molecule has 0 bridgehead atoms. The van der Waals surface area contributed by atoms with Gasteiger partial charge in [-0.1, -0.05) is 47.6 Å². The first-order chi connectivity index (χ1) is 18.2. The van der Waals surface area contributed by atoms with Gasteiger partial charge in [-0.25, -0.2) is 9.98 Å². The molecule has 0 radical (unpaired) electrons. The minimum absolute atomic E-state index is 0. The summed E-state index contributed by atoms with van der Waals surface area (Å²) in [5.74, 6) is 1.35. The molecule has 2 heterocycles. The summed E-state index contributed by atoms with van der Waals surface area (Å²) in [6.07, 6.45) is 1.78. The Balaban J connectivity index is 0.00000441. The zero-order chi connectivity index (χ0) is 28.5. The van der Waals surface area contributed by atoms with Crippen molar-refractivity contribution in [2.45, 2.75) is 58.9 Å². The SMILES string of the molecule is CN(Cc1ncc(-c2cc(C(C)(C)C)c(O)c(C(C)(C)C)c2)[nH]1)C(=O)c1ccc(N=C(N)c2cccs2)cc1.Cl. The van der Waals surface area contributed by atoms with Crippen LogP contribution in [0.3, 0.4) is 0 Å². The van der Waals surface area contributed by atoms with Gasteiger partial charge in [-0.05, 0) is 58.7 Å². The fraction of sp³-hybridized carbons (Fsp3) is 0.323. The summed E-state index contributed by atoms with van der Waals surface area (Å²) < 4.78 is 0. The number of aromatic nitrogens is 2. The second kappa shape index (κ2) is 11.9. The van der Waals surface area contributed by atoms with Gasteiger partial charge in [-0.3, -0.25) is 4.79 Å². The average Bonchev–Trinajstić information content (AvgIpc) is 3.55. The van der Waals surface area contributed by atoms with E-state index in [2.05, 4.69) is 56.5 Å². The molecule has 2 aromatic carbocycles. The van der Waals surface area contributed by atoms with Crippen molar-refractivity contribution < 1.29 is 9.90 Å².